The van der Waals surface area contributed by atoms with Crippen LogP contribution in [0.1, 0.15) is 31.7 Å². The van der Waals surface area contributed by atoms with Crippen LogP contribution in [0.15, 0.2) is 29.5 Å². The largest absolute Gasteiger partial charge is 0.373 e. The van der Waals surface area contributed by atoms with E-state index in [9.17, 15) is 0 Å². The topological polar surface area (TPSA) is 74.3 Å². The number of nitrogens with zero attached hydrogens (tertiary/aromatic N) is 2. The van der Waals surface area contributed by atoms with Crippen molar-refractivity contribution in [3.63, 3.8) is 0 Å². The van der Waals surface area contributed by atoms with E-state index in [-0.39, 0.29) is 24.0 Å². The van der Waals surface area contributed by atoms with Crippen molar-refractivity contribution >= 4 is 41.0 Å². The number of pyridine rings is 1. The molecular weight excluding hydrogens is 429 g/mol. The van der Waals surface area contributed by atoms with Gasteiger partial charge in [0, 0.05) is 30.9 Å². The van der Waals surface area contributed by atoms with E-state index in [1.54, 1.807) is 0 Å². The molecular formula is C18H26IN5O. The van der Waals surface area contributed by atoms with Gasteiger partial charge in [-0.1, -0.05) is 0 Å². The molecule has 7 heteroatoms. The van der Waals surface area contributed by atoms with Crippen LogP contribution in [0.4, 0.5) is 0 Å². The first-order valence-electron chi connectivity index (χ1n) is 8.94. The van der Waals surface area contributed by atoms with E-state index >= 15 is 0 Å². The Morgan fingerprint density at radius 2 is 2.36 bits per heavy atom. The maximum Gasteiger partial charge on any atom is 0.191 e. The van der Waals surface area contributed by atoms with Crippen LogP contribution in [0, 0.1) is 0 Å². The maximum atomic E-state index is 5.92. The van der Waals surface area contributed by atoms with Gasteiger partial charge in [0.2, 0.25) is 0 Å². The molecule has 0 radical (unpaired) electrons. The van der Waals surface area contributed by atoms with Gasteiger partial charge < -0.3 is 20.4 Å². The zero-order valence-electron chi connectivity index (χ0n) is 14.5. The highest BCUT2D eigenvalue weighted by atomic mass is 127. The van der Waals surface area contributed by atoms with Crippen LogP contribution in [0.2, 0.25) is 0 Å². The van der Waals surface area contributed by atoms with Crippen molar-refractivity contribution in [3.05, 3.63) is 30.1 Å². The lowest BCUT2D eigenvalue weighted by molar-refractivity contribution is 0.0992. The molecule has 2 aromatic rings. The second-order valence-electron chi connectivity index (χ2n) is 6.58. The van der Waals surface area contributed by atoms with E-state index in [1.165, 1.54) is 23.8 Å². The highest BCUT2D eigenvalue weighted by Crippen LogP contribution is 2.34. The van der Waals surface area contributed by atoms with Gasteiger partial charge in [-0.15, -0.1) is 24.0 Å². The molecule has 3 atom stereocenters. The zero-order valence-corrected chi connectivity index (χ0v) is 16.8. The lowest BCUT2D eigenvalue weighted by Crippen LogP contribution is -2.47. The number of nitrogens with one attached hydrogen (secondary N) is 3. The molecule has 4 rings (SSSR count). The molecule has 0 aliphatic carbocycles. The second kappa shape index (κ2) is 8.35. The Kier molecular flexibility index (Phi) is 6.16. The van der Waals surface area contributed by atoms with Gasteiger partial charge in [-0.2, -0.15) is 0 Å². The summed E-state index contributed by atoms with van der Waals surface area (Å²) in [5, 5.41) is 8.10. The van der Waals surface area contributed by atoms with Gasteiger partial charge in [0.05, 0.1) is 18.2 Å². The summed E-state index contributed by atoms with van der Waals surface area (Å²) in [7, 11) is 0. The number of aromatic nitrogens is 2. The number of H-pyrrole nitrogens is 1. The minimum atomic E-state index is 0. The van der Waals surface area contributed by atoms with Crippen LogP contribution >= 0.6 is 24.0 Å². The molecule has 2 aliphatic heterocycles. The quantitative estimate of drug-likeness (QED) is 0.368. The fourth-order valence-corrected chi connectivity index (χ4v) is 3.79. The maximum absolute atomic E-state index is 5.92. The summed E-state index contributed by atoms with van der Waals surface area (Å²) >= 11 is 0. The van der Waals surface area contributed by atoms with Crippen molar-refractivity contribution in [2.75, 3.05) is 13.1 Å². The first-order valence-corrected chi connectivity index (χ1v) is 8.94. The fraction of sp³-hybridized carbons (Fsp3) is 0.556. The van der Waals surface area contributed by atoms with Crippen molar-refractivity contribution in [2.45, 2.75) is 50.9 Å². The lowest BCUT2D eigenvalue weighted by atomic mass is 9.96. The molecule has 2 fully saturated rings. The Bertz CT molecular complexity index is 731. The smallest absolute Gasteiger partial charge is 0.191 e. The van der Waals surface area contributed by atoms with Gasteiger partial charge in [-0.25, -0.2) is 4.98 Å². The summed E-state index contributed by atoms with van der Waals surface area (Å²) in [6.45, 7) is 3.71. The van der Waals surface area contributed by atoms with Crippen LogP contribution in [0.3, 0.4) is 0 Å². The Hall–Kier alpha value is -1.35. The SMILES string of the molecule is CCNC(=NCCc1c[nH]c2ncccc12)NC1CC2CCC1O2.I. The fourth-order valence-electron chi connectivity index (χ4n) is 3.79. The molecule has 4 heterocycles. The first kappa shape index (κ1) is 18.4. The third kappa shape index (κ3) is 4.08. The Balaban J connectivity index is 0.00000182. The number of halogens is 1. The van der Waals surface area contributed by atoms with E-state index in [0.29, 0.717) is 18.2 Å². The monoisotopic (exact) mass is 455 g/mol. The highest BCUT2D eigenvalue weighted by molar-refractivity contribution is 14.0. The second-order valence-corrected chi connectivity index (χ2v) is 6.58. The van der Waals surface area contributed by atoms with Crippen LogP contribution in [-0.4, -0.2) is 47.3 Å². The molecule has 0 spiro atoms. The molecule has 3 N–H and O–H groups in total. The molecule has 0 amide bonds. The van der Waals surface area contributed by atoms with E-state index in [1.807, 2.05) is 18.5 Å². The van der Waals surface area contributed by atoms with Gasteiger partial charge in [-0.3, -0.25) is 4.99 Å². The summed E-state index contributed by atoms with van der Waals surface area (Å²) < 4.78 is 5.92. The molecule has 0 saturated carbocycles. The van der Waals surface area contributed by atoms with Crippen molar-refractivity contribution in [1.29, 1.82) is 0 Å². The minimum absolute atomic E-state index is 0. The zero-order chi connectivity index (χ0) is 16.4. The predicted octanol–water partition coefficient (Wildman–Crippen LogP) is 2.60. The average Bonchev–Trinajstić information content (AvgIpc) is 3.31. The van der Waals surface area contributed by atoms with Crippen LogP contribution in [0.25, 0.3) is 11.0 Å². The molecule has 2 aromatic heterocycles. The van der Waals surface area contributed by atoms with Crippen molar-refractivity contribution in [3.8, 4) is 0 Å². The minimum Gasteiger partial charge on any atom is -0.373 e. The number of aromatic amines is 1. The third-order valence-electron chi connectivity index (χ3n) is 4.96. The van der Waals surface area contributed by atoms with Crippen LogP contribution in [-0.2, 0) is 11.2 Å². The molecule has 2 aliphatic rings. The molecule has 0 aromatic carbocycles. The van der Waals surface area contributed by atoms with Crippen molar-refractivity contribution in [2.24, 2.45) is 4.99 Å². The van der Waals surface area contributed by atoms with E-state index < -0.39 is 0 Å². The molecule has 136 valence electrons. The molecule has 2 saturated heterocycles. The normalized spacial score (nSPS) is 25.2. The predicted molar refractivity (Wildman–Crippen MR) is 111 cm³/mol. The van der Waals surface area contributed by atoms with E-state index in [4.69, 9.17) is 9.73 Å². The van der Waals surface area contributed by atoms with Crippen molar-refractivity contribution < 1.29 is 4.74 Å². The van der Waals surface area contributed by atoms with Crippen LogP contribution < -0.4 is 10.6 Å². The molecule has 2 bridgehead atoms. The van der Waals surface area contributed by atoms with E-state index in [0.717, 1.165) is 37.5 Å². The number of guanidine groups is 1. The standard InChI is InChI=1S/C18H25N5O.HI/c1-2-19-18(23-15-10-13-5-6-16(15)24-13)21-9-7-12-11-22-17-14(12)4-3-8-20-17;/h3-4,8,11,13,15-16H,2,5-7,9-10H2,1H3,(H,20,22)(H2,19,21,23);1H. The molecule has 3 unspecified atom stereocenters. The summed E-state index contributed by atoms with van der Waals surface area (Å²) in [6.07, 6.45) is 9.05. The van der Waals surface area contributed by atoms with Crippen molar-refractivity contribution in [1.82, 2.24) is 20.6 Å². The Morgan fingerprint density at radius 1 is 1.44 bits per heavy atom. The number of ether oxygens (including phenoxy) is 1. The summed E-state index contributed by atoms with van der Waals surface area (Å²) in [6, 6.07) is 4.48. The number of hydrogen-bond donors (Lipinski definition) is 3. The third-order valence-corrected chi connectivity index (χ3v) is 4.96. The van der Waals surface area contributed by atoms with E-state index in [2.05, 4.69) is 33.6 Å². The van der Waals surface area contributed by atoms with Gasteiger partial charge >= 0.3 is 0 Å². The number of rotatable bonds is 5. The Morgan fingerprint density at radius 3 is 3.12 bits per heavy atom. The summed E-state index contributed by atoms with van der Waals surface area (Å²) in [5.41, 5.74) is 2.21. The molecule has 25 heavy (non-hydrogen) atoms. The number of fused-ring (bicyclic) bond motifs is 3. The van der Waals surface area contributed by atoms with Gasteiger partial charge in [0.25, 0.3) is 0 Å². The number of hydrogen-bond acceptors (Lipinski definition) is 3. The molecule has 6 nitrogen and oxygen atoms in total. The summed E-state index contributed by atoms with van der Waals surface area (Å²) in [5.74, 6) is 0.900. The summed E-state index contributed by atoms with van der Waals surface area (Å²) in [4.78, 5) is 12.3. The van der Waals surface area contributed by atoms with Gasteiger partial charge in [-0.05, 0) is 50.3 Å². The van der Waals surface area contributed by atoms with Gasteiger partial charge in [0.15, 0.2) is 5.96 Å². The lowest BCUT2D eigenvalue weighted by Gasteiger charge is -2.22. The van der Waals surface area contributed by atoms with Crippen LogP contribution in [0.5, 0.6) is 0 Å². The number of aliphatic imine (C=N–C) groups is 1. The average molecular weight is 455 g/mol. The highest BCUT2D eigenvalue weighted by Gasteiger charge is 2.41. The first-order chi connectivity index (χ1) is 11.8. The Labute approximate surface area is 165 Å². The van der Waals surface area contributed by atoms with Gasteiger partial charge in [0.1, 0.15) is 5.65 Å².